The number of nitrogens with one attached hydrogen (secondary N) is 2. The van der Waals surface area contributed by atoms with Crippen molar-refractivity contribution in [2.24, 2.45) is 0 Å². The standard InChI is InChI=1S/C29H41N3O5/c1-9-21(5)32(27(35)23(17-33)30-28(36)37-29(6,7)8)25(22-15-10-12-18(2)16-22)26(34)31-24-19(3)13-11-14-20(24)4/h10-16,21,23,25,33H,9,17H2,1-8H3,(H,30,36)(H,31,34). The normalized spacial score (nSPS) is 13.8. The molecule has 0 aliphatic heterocycles. The third kappa shape index (κ3) is 8.05. The third-order valence-corrected chi connectivity index (χ3v) is 6.11. The van der Waals surface area contributed by atoms with Gasteiger partial charge in [-0.15, -0.1) is 0 Å². The van der Waals surface area contributed by atoms with Crippen LogP contribution in [0.3, 0.4) is 0 Å². The highest BCUT2D eigenvalue weighted by Gasteiger charge is 2.38. The second-order valence-corrected chi connectivity index (χ2v) is 10.5. The maximum atomic E-state index is 13.9. The second-order valence-electron chi connectivity index (χ2n) is 10.5. The summed E-state index contributed by atoms with van der Waals surface area (Å²) in [7, 11) is 0. The number of hydrogen-bond acceptors (Lipinski definition) is 5. The number of nitrogens with zero attached hydrogens (tertiary/aromatic N) is 1. The quantitative estimate of drug-likeness (QED) is 0.448. The minimum Gasteiger partial charge on any atom is -0.444 e. The molecule has 0 aliphatic carbocycles. The highest BCUT2D eigenvalue weighted by atomic mass is 16.6. The zero-order valence-corrected chi connectivity index (χ0v) is 23.2. The fraction of sp³-hybridized carbons (Fsp3) is 0.483. The number of carbonyl (C=O) groups excluding carboxylic acids is 3. The summed E-state index contributed by atoms with van der Waals surface area (Å²) in [6.45, 7) is 14.0. The molecule has 202 valence electrons. The van der Waals surface area contributed by atoms with Gasteiger partial charge in [-0.2, -0.15) is 0 Å². The van der Waals surface area contributed by atoms with Crippen LogP contribution < -0.4 is 10.6 Å². The molecule has 0 saturated heterocycles. The highest BCUT2D eigenvalue weighted by molar-refractivity contribution is 6.00. The number of para-hydroxylation sites is 1. The molecule has 3 unspecified atom stereocenters. The summed E-state index contributed by atoms with van der Waals surface area (Å²) >= 11 is 0. The van der Waals surface area contributed by atoms with Crippen molar-refractivity contribution >= 4 is 23.6 Å². The lowest BCUT2D eigenvalue weighted by molar-refractivity contribution is -0.144. The summed E-state index contributed by atoms with van der Waals surface area (Å²) in [5.41, 5.74) is 3.28. The second kappa shape index (κ2) is 12.7. The monoisotopic (exact) mass is 511 g/mol. The van der Waals surface area contributed by atoms with E-state index < -0.39 is 36.3 Å². The van der Waals surface area contributed by atoms with Gasteiger partial charge in [-0.1, -0.05) is 55.0 Å². The van der Waals surface area contributed by atoms with E-state index in [0.29, 0.717) is 17.7 Å². The van der Waals surface area contributed by atoms with Crippen molar-refractivity contribution in [3.05, 3.63) is 64.7 Å². The van der Waals surface area contributed by atoms with Crippen LogP contribution in [0.15, 0.2) is 42.5 Å². The molecule has 3 atom stereocenters. The zero-order chi connectivity index (χ0) is 27.9. The molecule has 0 saturated carbocycles. The number of ether oxygens (including phenoxy) is 1. The van der Waals surface area contributed by atoms with Crippen molar-refractivity contribution in [1.29, 1.82) is 0 Å². The lowest BCUT2D eigenvalue weighted by Gasteiger charge is -2.38. The van der Waals surface area contributed by atoms with Crippen LogP contribution in [0.25, 0.3) is 0 Å². The number of benzene rings is 2. The molecule has 2 aromatic carbocycles. The van der Waals surface area contributed by atoms with Gasteiger partial charge in [0.05, 0.1) is 6.61 Å². The Morgan fingerprint density at radius 1 is 1.03 bits per heavy atom. The predicted molar refractivity (Wildman–Crippen MR) is 145 cm³/mol. The van der Waals surface area contributed by atoms with Crippen LogP contribution in [0, 0.1) is 20.8 Å². The Labute approximate surface area is 220 Å². The van der Waals surface area contributed by atoms with E-state index >= 15 is 0 Å². The predicted octanol–water partition coefficient (Wildman–Crippen LogP) is 4.80. The van der Waals surface area contributed by atoms with Crippen LogP contribution in [-0.2, 0) is 14.3 Å². The van der Waals surface area contributed by atoms with Crippen LogP contribution in [0.5, 0.6) is 0 Å². The van der Waals surface area contributed by atoms with E-state index in [2.05, 4.69) is 10.6 Å². The number of aliphatic hydroxyl groups excluding tert-OH is 1. The molecule has 37 heavy (non-hydrogen) atoms. The van der Waals surface area contributed by atoms with Crippen LogP contribution in [-0.4, -0.2) is 52.2 Å². The van der Waals surface area contributed by atoms with Gasteiger partial charge >= 0.3 is 6.09 Å². The Morgan fingerprint density at radius 3 is 2.14 bits per heavy atom. The fourth-order valence-corrected chi connectivity index (χ4v) is 4.09. The van der Waals surface area contributed by atoms with Crippen molar-refractivity contribution in [2.75, 3.05) is 11.9 Å². The first-order chi connectivity index (χ1) is 17.3. The molecule has 2 rings (SSSR count). The van der Waals surface area contributed by atoms with Gasteiger partial charge < -0.3 is 25.4 Å². The molecule has 0 spiro atoms. The van der Waals surface area contributed by atoms with Crippen molar-refractivity contribution in [3.63, 3.8) is 0 Å². The van der Waals surface area contributed by atoms with Gasteiger partial charge in [0, 0.05) is 11.7 Å². The minimum absolute atomic E-state index is 0.379. The number of aryl methyl sites for hydroxylation is 3. The molecule has 8 nitrogen and oxygen atoms in total. The van der Waals surface area contributed by atoms with Gasteiger partial charge in [0.25, 0.3) is 5.91 Å². The molecule has 3 N–H and O–H groups in total. The van der Waals surface area contributed by atoms with E-state index in [1.54, 1.807) is 26.8 Å². The topological polar surface area (TPSA) is 108 Å². The molecule has 2 aromatic rings. The summed E-state index contributed by atoms with van der Waals surface area (Å²) in [6.07, 6.45) is -0.272. The van der Waals surface area contributed by atoms with Crippen molar-refractivity contribution in [2.45, 2.75) is 85.5 Å². The Kier molecular flexibility index (Phi) is 10.3. The molecule has 0 heterocycles. The van der Waals surface area contributed by atoms with Crippen molar-refractivity contribution in [1.82, 2.24) is 10.2 Å². The number of hydrogen-bond donors (Lipinski definition) is 3. The number of amides is 3. The Morgan fingerprint density at radius 2 is 1.62 bits per heavy atom. The van der Waals surface area contributed by atoms with Crippen LogP contribution in [0.2, 0.25) is 0 Å². The molecule has 0 fully saturated rings. The molecule has 3 amide bonds. The zero-order valence-electron chi connectivity index (χ0n) is 23.2. The summed E-state index contributed by atoms with van der Waals surface area (Å²) in [4.78, 5) is 41.7. The van der Waals surface area contributed by atoms with Crippen LogP contribution in [0.1, 0.15) is 69.3 Å². The fourth-order valence-electron chi connectivity index (χ4n) is 4.09. The van der Waals surface area contributed by atoms with Gasteiger partial charge in [0.2, 0.25) is 5.91 Å². The molecule has 0 radical (unpaired) electrons. The van der Waals surface area contributed by atoms with E-state index in [9.17, 15) is 19.5 Å². The number of alkyl carbamates (subject to hydrolysis) is 1. The van der Waals surface area contributed by atoms with E-state index in [-0.39, 0.29) is 11.9 Å². The maximum absolute atomic E-state index is 13.9. The van der Waals surface area contributed by atoms with Crippen molar-refractivity contribution in [3.8, 4) is 0 Å². The van der Waals surface area contributed by atoms with E-state index in [0.717, 1.165) is 16.7 Å². The molecule has 0 aliphatic rings. The third-order valence-electron chi connectivity index (χ3n) is 6.11. The van der Waals surface area contributed by atoms with E-state index in [1.807, 2.05) is 71.0 Å². The highest BCUT2D eigenvalue weighted by Crippen LogP contribution is 2.29. The molecular weight excluding hydrogens is 470 g/mol. The Bertz CT molecular complexity index is 1090. The maximum Gasteiger partial charge on any atom is 0.408 e. The summed E-state index contributed by atoms with van der Waals surface area (Å²) in [5.74, 6) is -0.962. The Balaban J connectivity index is 2.55. The number of rotatable bonds is 9. The van der Waals surface area contributed by atoms with Crippen LogP contribution in [0.4, 0.5) is 10.5 Å². The first-order valence-electron chi connectivity index (χ1n) is 12.6. The number of aliphatic hydroxyl groups is 1. The molecular formula is C29H41N3O5. The van der Waals surface area contributed by atoms with E-state index in [4.69, 9.17) is 4.74 Å². The molecule has 0 aromatic heterocycles. The largest absolute Gasteiger partial charge is 0.444 e. The molecule has 0 bridgehead atoms. The van der Waals surface area contributed by atoms with E-state index in [1.165, 1.54) is 4.90 Å². The summed E-state index contributed by atoms with van der Waals surface area (Å²) < 4.78 is 5.29. The lowest BCUT2D eigenvalue weighted by atomic mass is 9.98. The van der Waals surface area contributed by atoms with Crippen LogP contribution >= 0.6 is 0 Å². The smallest absolute Gasteiger partial charge is 0.408 e. The number of carbonyl (C=O) groups is 3. The van der Waals surface area contributed by atoms with Gasteiger partial charge in [-0.25, -0.2) is 4.79 Å². The van der Waals surface area contributed by atoms with Gasteiger partial charge in [-0.05, 0) is 71.6 Å². The summed E-state index contributed by atoms with van der Waals surface area (Å²) in [5, 5.41) is 15.6. The Hall–Kier alpha value is -3.39. The van der Waals surface area contributed by atoms with Gasteiger partial charge in [-0.3, -0.25) is 9.59 Å². The average molecular weight is 512 g/mol. The lowest BCUT2D eigenvalue weighted by Crippen LogP contribution is -2.56. The SMILES string of the molecule is CCC(C)N(C(=O)C(CO)NC(=O)OC(C)(C)C)C(C(=O)Nc1c(C)cccc1C)c1cccc(C)c1. The first kappa shape index (κ1) is 29.8. The van der Waals surface area contributed by atoms with Gasteiger partial charge in [0.15, 0.2) is 0 Å². The molecule has 8 heteroatoms. The minimum atomic E-state index is -1.29. The first-order valence-corrected chi connectivity index (χ1v) is 12.6. The van der Waals surface area contributed by atoms with Gasteiger partial charge in [0.1, 0.15) is 17.7 Å². The average Bonchev–Trinajstić information content (AvgIpc) is 2.81. The summed E-state index contributed by atoms with van der Waals surface area (Å²) in [6, 6.07) is 10.5. The number of anilines is 1. The van der Waals surface area contributed by atoms with Crippen molar-refractivity contribution < 1.29 is 24.2 Å².